The molecule has 0 saturated carbocycles. The van der Waals surface area contributed by atoms with Gasteiger partial charge in [0.15, 0.2) is 4.34 Å². The quantitative estimate of drug-likeness (QED) is 0.111. The normalized spacial score (nSPS) is 11.1. The molecule has 0 aliphatic heterocycles. The van der Waals surface area contributed by atoms with E-state index in [2.05, 4.69) is 15.3 Å². The lowest BCUT2D eigenvalue weighted by Gasteiger charge is -2.12. The van der Waals surface area contributed by atoms with Gasteiger partial charge in [-0.3, -0.25) is 30.0 Å². The summed E-state index contributed by atoms with van der Waals surface area (Å²) in [6.07, 6.45) is 1.56. The third-order valence-corrected chi connectivity index (χ3v) is 7.56. The molecule has 0 radical (unpaired) electrons. The lowest BCUT2D eigenvalue weighted by atomic mass is 10.1. The molecule has 3 aromatic carbocycles. The Balaban J connectivity index is 1.43. The largest absolute Gasteiger partial charge is 0.496 e. The van der Waals surface area contributed by atoms with E-state index >= 15 is 0 Å². The number of nitrogens with one attached hydrogen (secondary N) is 1. The predicted molar refractivity (Wildman–Crippen MR) is 153 cm³/mol. The summed E-state index contributed by atoms with van der Waals surface area (Å²) in [5.41, 5.74) is 2.29. The fourth-order valence-electron chi connectivity index (χ4n) is 3.54. The molecule has 4 rings (SSSR count). The van der Waals surface area contributed by atoms with E-state index in [1.54, 1.807) is 49.5 Å². The maximum Gasteiger partial charge on any atom is 0.296 e. The number of nitro groups is 2. The first kappa shape index (κ1) is 27.5. The van der Waals surface area contributed by atoms with E-state index in [0.717, 1.165) is 10.2 Å². The van der Waals surface area contributed by atoms with Crippen LogP contribution in [-0.4, -0.2) is 53.9 Å². The number of rotatable bonds is 10. The van der Waals surface area contributed by atoms with Crippen molar-refractivity contribution in [2.45, 2.75) is 4.34 Å². The van der Waals surface area contributed by atoms with Gasteiger partial charge in [0.1, 0.15) is 17.1 Å². The second kappa shape index (κ2) is 11.9. The highest BCUT2D eigenvalue weighted by Gasteiger charge is 2.18. The minimum Gasteiger partial charge on any atom is -0.496 e. The number of carbonyl (C=O) groups excluding carboxylic acids is 1. The lowest BCUT2D eigenvalue weighted by Crippen LogP contribution is -2.15. The Morgan fingerprint density at radius 1 is 1.10 bits per heavy atom. The molecule has 39 heavy (non-hydrogen) atoms. The van der Waals surface area contributed by atoms with Crippen molar-refractivity contribution in [1.82, 2.24) is 4.98 Å². The molecule has 0 saturated heterocycles. The molecular weight excluding hydrogens is 544 g/mol. The Morgan fingerprint density at radius 3 is 2.56 bits per heavy atom. The molecule has 0 bridgehead atoms. The minimum absolute atomic E-state index is 0.00541. The van der Waals surface area contributed by atoms with E-state index in [1.165, 1.54) is 54.5 Å². The second-order valence-electron chi connectivity index (χ2n) is 8.27. The first-order chi connectivity index (χ1) is 18.6. The van der Waals surface area contributed by atoms with Crippen molar-refractivity contribution in [3.8, 4) is 5.75 Å². The van der Waals surface area contributed by atoms with Gasteiger partial charge >= 0.3 is 0 Å². The zero-order valence-electron chi connectivity index (χ0n) is 21.0. The van der Waals surface area contributed by atoms with E-state index in [-0.39, 0.29) is 22.8 Å². The number of nitro benzene ring substituents is 2. The molecule has 14 heteroatoms. The standard InChI is InChI=1S/C25H22N6O6S2/c1-29(2)20-9-4-15(10-22(20)31(35)36)13-26-16-5-7-19-23(11-16)39-25(28-19)38-14-24(32)27-18-8-6-17(37-3)12-21(18)30(33)34/h4-13H,14H2,1-3H3,(H,27,32). The molecule has 0 spiro atoms. The Kier molecular flexibility index (Phi) is 8.36. The first-order valence-electron chi connectivity index (χ1n) is 11.3. The van der Waals surface area contributed by atoms with Gasteiger partial charge in [0, 0.05) is 26.4 Å². The molecule has 1 heterocycles. The molecule has 4 aromatic rings. The average Bonchev–Trinajstić information content (AvgIpc) is 3.32. The maximum absolute atomic E-state index is 12.5. The zero-order chi connectivity index (χ0) is 28.1. The van der Waals surface area contributed by atoms with E-state index in [9.17, 15) is 25.0 Å². The van der Waals surface area contributed by atoms with Crippen molar-refractivity contribution in [2.75, 3.05) is 37.2 Å². The van der Waals surface area contributed by atoms with Gasteiger partial charge in [-0.2, -0.15) is 0 Å². The number of anilines is 2. The topological polar surface area (TPSA) is 153 Å². The number of ether oxygens (including phenoxy) is 1. The predicted octanol–water partition coefficient (Wildman–Crippen LogP) is 5.67. The fraction of sp³-hybridized carbons (Fsp3) is 0.160. The molecule has 1 amide bonds. The summed E-state index contributed by atoms with van der Waals surface area (Å²) >= 11 is 2.60. The number of aromatic nitrogens is 1. The van der Waals surface area contributed by atoms with Crippen LogP contribution in [0.15, 0.2) is 63.9 Å². The summed E-state index contributed by atoms with van der Waals surface area (Å²) in [5.74, 6) is -0.0848. The molecular formula is C25H22N6O6S2. The van der Waals surface area contributed by atoms with Crippen LogP contribution in [-0.2, 0) is 4.79 Å². The Labute approximate surface area is 230 Å². The number of hydrogen-bond acceptors (Lipinski definition) is 11. The van der Waals surface area contributed by atoms with Gasteiger partial charge in [0.25, 0.3) is 11.4 Å². The summed E-state index contributed by atoms with van der Waals surface area (Å²) < 4.78 is 6.51. The van der Waals surface area contributed by atoms with Gasteiger partial charge in [-0.1, -0.05) is 17.8 Å². The number of nitrogens with zero attached hydrogens (tertiary/aromatic N) is 5. The number of carbonyl (C=O) groups is 1. The number of aliphatic imine (C=N–C) groups is 1. The number of hydrogen-bond donors (Lipinski definition) is 1. The van der Waals surface area contributed by atoms with Gasteiger partial charge < -0.3 is 15.0 Å². The molecule has 12 nitrogen and oxygen atoms in total. The lowest BCUT2D eigenvalue weighted by molar-refractivity contribution is -0.384. The highest BCUT2D eigenvalue weighted by molar-refractivity contribution is 8.01. The summed E-state index contributed by atoms with van der Waals surface area (Å²) in [4.78, 5) is 44.9. The molecule has 200 valence electrons. The van der Waals surface area contributed by atoms with Gasteiger partial charge in [0.2, 0.25) is 5.91 Å². The summed E-state index contributed by atoms with van der Waals surface area (Å²) in [6.45, 7) is 0. The fourth-order valence-corrected chi connectivity index (χ4v) is 5.44. The number of thioether (sulfide) groups is 1. The van der Waals surface area contributed by atoms with Crippen molar-refractivity contribution in [1.29, 1.82) is 0 Å². The van der Waals surface area contributed by atoms with Crippen LogP contribution in [0.1, 0.15) is 5.56 Å². The molecule has 0 aliphatic carbocycles. The first-order valence-corrected chi connectivity index (χ1v) is 13.1. The van der Waals surface area contributed by atoms with Crippen LogP contribution in [0.4, 0.5) is 28.4 Å². The van der Waals surface area contributed by atoms with Crippen LogP contribution in [0.5, 0.6) is 5.75 Å². The van der Waals surface area contributed by atoms with Crippen molar-refractivity contribution in [3.63, 3.8) is 0 Å². The smallest absolute Gasteiger partial charge is 0.296 e. The summed E-state index contributed by atoms with van der Waals surface area (Å²) in [6, 6.07) is 14.6. The zero-order valence-corrected chi connectivity index (χ0v) is 22.6. The average molecular weight is 567 g/mol. The molecule has 1 N–H and O–H groups in total. The van der Waals surface area contributed by atoms with E-state index < -0.39 is 15.8 Å². The Morgan fingerprint density at radius 2 is 1.87 bits per heavy atom. The molecule has 0 unspecified atom stereocenters. The SMILES string of the molecule is COc1ccc(NC(=O)CSc2nc3ccc(N=Cc4ccc(N(C)C)c([N+](=O)[O-])c4)cc3s2)c([N+](=O)[O-])c1. The van der Waals surface area contributed by atoms with Crippen LogP contribution in [0.3, 0.4) is 0 Å². The summed E-state index contributed by atoms with van der Waals surface area (Å²) in [5, 5.41) is 25.3. The van der Waals surface area contributed by atoms with Crippen molar-refractivity contribution >= 4 is 73.9 Å². The van der Waals surface area contributed by atoms with Crippen molar-refractivity contribution in [2.24, 2.45) is 4.99 Å². The number of fused-ring (bicyclic) bond motifs is 1. The van der Waals surface area contributed by atoms with Gasteiger partial charge in [-0.15, -0.1) is 11.3 Å². The summed E-state index contributed by atoms with van der Waals surface area (Å²) in [7, 11) is 4.89. The Bertz CT molecular complexity index is 1600. The van der Waals surface area contributed by atoms with Crippen LogP contribution in [0.2, 0.25) is 0 Å². The number of thiazole rings is 1. The van der Waals surface area contributed by atoms with Gasteiger partial charge in [-0.05, 0) is 42.0 Å². The molecule has 0 fully saturated rings. The van der Waals surface area contributed by atoms with Crippen molar-refractivity contribution in [3.05, 3.63) is 80.4 Å². The third kappa shape index (κ3) is 6.66. The Hall–Kier alpha value is -4.56. The molecule has 0 aliphatic rings. The number of methoxy groups -OCH3 is 1. The van der Waals surface area contributed by atoms with Crippen molar-refractivity contribution < 1.29 is 19.4 Å². The number of benzene rings is 3. The number of amides is 1. The monoisotopic (exact) mass is 566 g/mol. The highest BCUT2D eigenvalue weighted by Crippen LogP contribution is 2.33. The van der Waals surface area contributed by atoms with E-state index in [1.807, 2.05) is 6.07 Å². The minimum atomic E-state index is -0.584. The van der Waals surface area contributed by atoms with Crippen LogP contribution in [0.25, 0.3) is 10.2 Å². The molecule has 0 atom stereocenters. The maximum atomic E-state index is 12.5. The van der Waals surface area contributed by atoms with Crippen LogP contribution >= 0.6 is 23.1 Å². The van der Waals surface area contributed by atoms with Gasteiger partial charge in [-0.25, -0.2) is 4.98 Å². The highest BCUT2D eigenvalue weighted by atomic mass is 32.2. The second-order valence-corrected chi connectivity index (χ2v) is 10.5. The van der Waals surface area contributed by atoms with E-state index in [4.69, 9.17) is 4.74 Å². The van der Waals surface area contributed by atoms with E-state index in [0.29, 0.717) is 27.0 Å². The molecule has 1 aromatic heterocycles. The van der Waals surface area contributed by atoms with Crippen LogP contribution < -0.4 is 15.0 Å². The van der Waals surface area contributed by atoms with Crippen LogP contribution in [0, 0.1) is 20.2 Å². The van der Waals surface area contributed by atoms with Gasteiger partial charge in [0.05, 0.1) is 44.7 Å². The third-order valence-electron chi connectivity index (χ3n) is 5.40.